The molecule has 0 aliphatic carbocycles. The molecule has 2 aromatic heterocycles. The molecule has 140 valence electrons. The van der Waals surface area contributed by atoms with E-state index in [0.29, 0.717) is 29.7 Å². The third-order valence-corrected chi connectivity index (χ3v) is 4.63. The van der Waals surface area contributed by atoms with E-state index in [0.717, 1.165) is 31.6 Å². The Labute approximate surface area is 155 Å². The van der Waals surface area contributed by atoms with Crippen molar-refractivity contribution in [1.29, 1.82) is 0 Å². The van der Waals surface area contributed by atoms with Crippen molar-refractivity contribution < 1.29 is 9.53 Å². The average Bonchev–Trinajstić information content (AvgIpc) is 3.36. The summed E-state index contributed by atoms with van der Waals surface area (Å²) >= 11 is 0. The lowest BCUT2D eigenvalue weighted by molar-refractivity contribution is -0.123. The molecule has 1 aliphatic heterocycles. The van der Waals surface area contributed by atoms with E-state index in [1.807, 2.05) is 10.8 Å². The highest BCUT2D eigenvalue weighted by Crippen LogP contribution is 2.19. The highest BCUT2D eigenvalue weighted by molar-refractivity contribution is 5.80. The molecule has 27 heavy (non-hydrogen) atoms. The zero-order valence-electron chi connectivity index (χ0n) is 14.9. The molecule has 4 rings (SSSR count). The highest BCUT2D eigenvalue weighted by atomic mass is 16.5. The molecule has 3 heterocycles. The monoisotopic (exact) mass is 367 g/mol. The Hall–Kier alpha value is -3.16. The van der Waals surface area contributed by atoms with Crippen molar-refractivity contribution in [3.63, 3.8) is 0 Å². The van der Waals surface area contributed by atoms with Crippen molar-refractivity contribution in [2.24, 2.45) is 0 Å². The lowest BCUT2D eigenvalue weighted by atomic mass is 10.2. The fourth-order valence-corrected chi connectivity index (χ4v) is 3.26. The van der Waals surface area contributed by atoms with Gasteiger partial charge < -0.3 is 14.6 Å². The summed E-state index contributed by atoms with van der Waals surface area (Å²) in [6.07, 6.45) is 7.96. The predicted octanol–water partition coefficient (Wildman–Crippen LogP) is 1.12. The Kier molecular flexibility index (Phi) is 4.86. The summed E-state index contributed by atoms with van der Waals surface area (Å²) in [4.78, 5) is 33.0. The second-order valence-corrected chi connectivity index (χ2v) is 6.56. The number of carbonyl (C=O) groups is 1. The van der Waals surface area contributed by atoms with Crippen LogP contribution < -0.4 is 15.6 Å². The molecule has 1 aromatic carbocycles. The first-order valence-corrected chi connectivity index (χ1v) is 9.09. The Morgan fingerprint density at radius 2 is 2.26 bits per heavy atom. The summed E-state index contributed by atoms with van der Waals surface area (Å²) in [5.74, 6) is 1.15. The van der Waals surface area contributed by atoms with Gasteiger partial charge in [-0.05, 0) is 31.0 Å². The molecule has 0 atom stereocenters. The number of benzene rings is 1. The number of ether oxygens (including phenoxy) is 1. The van der Waals surface area contributed by atoms with Crippen LogP contribution in [0.4, 0.5) is 0 Å². The first-order chi connectivity index (χ1) is 13.2. The maximum atomic E-state index is 12.6. The van der Waals surface area contributed by atoms with Crippen LogP contribution in [0.15, 0.2) is 41.7 Å². The van der Waals surface area contributed by atoms with Crippen molar-refractivity contribution in [3.8, 4) is 5.75 Å². The van der Waals surface area contributed by atoms with Crippen LogP contribution in [0.2, 0.25) is 0 Å². The van der Waals surface area contributed by atoms with Crippen molar-refractivity contribution in [3.05, 3.63) is 53.1 Å². The van der Waals surface area contributed by atoms with Crippen LogP contribution in [0.5, 0.6) is 5.75 Å². The number of nitrogens with zero attached hydrogens (tertiary/aromatic N) is 4. The summed E-state index contributed by atoms with van der Waals surface area (Å²) in [6.45, 7) is 1.99. The third kappa shape index (κ3) is 3.84. The van der Waals surface area contributed by atoms with Gasteiger partial charge in [0.05, 0.1) is 17.2 Å². The number of fused-ring (bicyclic) bond motifs is 2. The summed E-state index contributed by atoms with van der Waals surface area (Å²) in [7, 11) is 0. The molecule has 0 fully saturated rings. The Balaban J connectivity index is 1.32. The summed E-state index contributed by atoms with van der Waals surface area (Å²) < 4.78 is 9.23. The largest absolute Gasteiger partial charge is 0.484 e. The van der Waals surface area contributed by atoms with Gasteiger partial charge in [-0.15, -0.1) is 0 Å². The third-order valence-electron chi connectivity index (χ3n) is 4.63. The number of carbonyl (C=O) groups excluding carboxylic acids is 1. The lowest BCUT2D eigenvalue weighted by Crippen LogP contribution is -2.30. The van der Waals surface area contributed by atoms with Gasteiger partial charge in [0, 0.05) is 38.4 Å². The topological polar surface area (TPSA) is 91.0 Å². The van der Waals surface area contributed by atoms with Gasteiger partial charge in [0.1, 0.15) is 11.6 Å². The van der Waals surface area contributed by atoms with Crippen LogP contribution >= 0.6 is 0 Å². The van der Waals surface area contributed by atoms with Crippen LogP contribution in [0.3, 0.4) is 0 Å². The van der Waals surface area contributed by atoms with Gasteiger partial charge >= 0.3 is 0 Å². The van der Waals surface area contributed by atoms with Crippen LogP contribution in [0, 0.1) is 0 Å². The van der Waals surface area contributed by atoms with Crippen molar-refractivity contribution in [1.82, 2.24) is 24.4 Å². The van der Waals surface area contributed by atoms with Gasteiger partial charge in [0.15, 0.2) is 6.61 Å². The second-order valence-electron chi connectivity index (χ2n) is 6.56. The molecular weight excluding hydrogens is 346 g/mol. The van der Waals surface area contributed by atoms with E-state index in [1.165, 1.54) is 0 Å². The molecule has 3 aromatic rings. The molecule has 0 spiro atoms. The molecule has 0 bridgehead atoms. The molecule has 0 radical (unpaired) electrons. The fraction of sp³-hybridized carbons (Fsp3) is 0.368. The molecular formula is C19H21N5O3. The first-order valence-electron chi connectivity index (χ1n) is 9.09. The van der Waals surface area contributed by atoms with Crippen molar-refractivity contribution >= 4 is 16.8 Å². The lowest BCUT2D eigenvalue weighted by Gasteiger charge is -2.09. The Bertz CT molecular complexity index is 1010. The van der Waals surface area contributed by atoms with E-state index in [-0.39, 0.29) is 18.1 Å². The van der Waals surface area contributed by atoms with Gasteiger partial charge in [-0.25, -0.2) is 9.97 Å². The van der Waals surface area contributed by atoms with Crippen molar-refractivity contribution in [2.45, 2.75) is 32.4 Å². The second kappa shape index (κ2) is 7.61. The number of amides is 1. The molecule has 1 aliphatic rings. The van der Waals surface area contributed by atoms with Crippen LogP contribution in [-0.2, 0) is 24.3 Å². The van der Waals surface area contributed by atoms with E-state index in [4.69, 9.17) is 4.74 Å². The normalized spacial score (nSPS) is 12.9. The minimum Gasteiger partial charge on any atom is -0.484 e. The molecule has 8 nitrogen and oxygen atoms in total. The minimum atomic E-state index is -0.190. The zero-order valence-corrected chi connectivity index (χ0v) is 14.9. The van der Waals surface area contributed by atoms with Gasteiger partial charge in [0.2, 0.25) is 0 Å². The maximum Gasteiger partial charge on any atom is 0.261 e. The van der Waals surface area contributed by atoms with Gasteiger partial charge in [-0.1, -0.05) is 0 Å². The minimum absolute atomic E-state index is 0.0399. The number of rotatable bonds is 7. The van der Waals surface area contributed by atoms with E-state index >= 15 is 0 Å². The van der Waals surface area contributed by atoms with E-state index < -0.39 is 0 Å². The van der Waals surface area contributed by atoms with Crippen LogP contribution in [-0.4, -0.2) is 38.2 Å². The number of aryl methyl sites for hydroxylation is 2. The summed E-state index contributed by atoms with van der Waals surface area (Å²) in [6, 6.07) is 5.18. The van der Waals surface area contributed by atoms with Crippen LogP contribution in [0.1, 0.15) is 18.7 Å². The molecule has 1 N–H and O–H groups in total. The van der Waals surface area contributed by atoms with E-state index in [9.17, 15) is 9.59 Å². The molecule has 1 amide bonds. The Morgan fingerprint density at radius 3 is 3.11 bits per heavy atom. The Morgan fingerprint density at radius 1 is 1.33 bits per heavy atom. The van der Waals surface area contributed by atoms with E-state index in [1.54, 1.807) is 35.3 Å². The van der Waals surface area contributed by atoms with E-state index in [2.05, 4.69) is 15.3 Å². The highest BCUT2D eigenvalue weighted by Gasteiger charge is 2.16. The molecule has 8 heteroatoms. The smallest absolute Gasteiger partial charge is 0.261 e. The summed E-state index contributed by atoms with van der Waals surface area (Å²) in [5.41, 5.74) is 0.631. The van der Waals surface area contributed by atoms with Crippen LogP contribution in [0.25, 0.3) is 10.9 Å². The number of hydrogen-bond donors (Lipinski definition) is 1. The number of imidazole rings is 1. The van der Waals surface area contributed by atoms with Gasteiger partial charge in [-0.2, -0.15) is 0 Å². The van der Waals surface area contributed by atoms with Gasteiger partial charge in [-0.3, -0.25) is 14.2 Å². The molecule has 0 saturated carbocycles. The fourth-order valence-electron chi connectivity index (χ4n) is 3.26. The molecule has 0 saturated heterocycles. The number of hydrogen-bond acceptors (Lipinski definition) is 5. The standard InChI is InChI=1S/C19H21N5O3/c25-18(21-6-2-8-23-10-7-20-13-23)12-27-14-4-5-16-15(11-14)19(26)24-9-1-3-17(24)22-16/h4-5,7,10-11,13H,1-3,6,8-9,12H2,(H,21,25). The van der Waals surface area contributed by atoms with Crippen molar-refractivity contribution in [2.75, 3.05) is 13.2 Å². The quantitative estimate of drug-likeness (QED) is 0.632. The number of nitrogens with one attached hydrogen (secondary N) is 1. The number of aromatic nitrogens is 4. The zero-order chi connectivity index (χ0) is 18.6. The first kappa shape index (κ1) is 17.3. The maximum absolute atomic E-state index is 12.6. The predicted molar refractivity (Wildman–Crippen MR) is 99.7 cm³/mol. The average molecular weight is 367 g/mol. The van der Waals surface area contributed by atoms with Gasteiger partial charge in [0.25, 0.3) is 11.5 Å². The molecule has 0 unspecified atom stereocenters. The SMILES string of the molecule is O=C(COc1ccc2nc3n(c(=O)c2c1)CCC3)NCCCn1ccnc1. The summed E-state index contributed by atoms with van der Waals surface area (Å²) in [5, 5.41) is 3.35.